The lowest BCUT2D eigenvalue weighted by molar-refractivity contribution is -0.120. The van der Waals surface area contributed by atoms with E-state index in [9.17, 15) is 14.9 Å². The molecule has 0 aliphatic carbocycles. The number of esters is 1. The molecule has 0 spiro atoms. The molecular formula is C30H31Cl2F2N5O3. The Bertz CT molecular complexity index is 1550. The molecule has 8 nitrogen and oxygen atoms in total. The predicted octanol–water partition coefficient (Wildman–Crippen LogP) is 6.47. The average Bonchev–Trinajstić information content (AvgIpc) is 3.46. The minimum absolute atomic E-state index is 0.0160. The summed E-state index contributed by atoms with van der Waals surface area (Å²) in [6.45, 7) is 7.68. The van der Waals surface area contributed by atoms with Gasteiger partial charge in [-0.25, -0.2) is 18.6 Å². The molecule has 222 valence electrons. The SMILES string of the molecule is CCOC(=O)c1cnc(NC(=O)[C@H]2[C@H](c3cccc(Cl)c3F)[C@@](C#N)(c3ccc(Cl)cc3F)[C@H](CC(C)(C)C)N2C)[nH]1. The number of rotatable bonds is 7. The van der Waals surface area contributed by atoms with E-state index < -0.39 is 46.9 Å². The van der Waals surface area contributed by atoms with E-state index in [0.29, 0.717) is 6.42 Å². The number of hydrogen-bond donors (Lipinski definition) is 2. The molecule has 0 radical (unpaired) electrons. The molecule has 1 fully saturated rings. The van der Waals surface area contributed by atoms with E-state index in [1.54, 1.807) is 18.9 Å². The molecule has 0 unspecified atom stereocenters. The minimum atomic E-state index is -1.76. The van der Waals surface area contributed by atoms with Crippen LogP contribution >= 0.6 is 23.2 Å². The van der Waals surface area contributed by atoms with Gasteiger partial charge in [0.2, 0.25) is 11.9 Å². The summed E-state index contributed by atoms with van der Waals surface area (Å²) in [4.78, 5) is 34.6. The number of carbonyl (C=O) groups is 2. The molecule has 1 amide bonds. The van der Waals surface area contributed by atoms with Gasteiger partial charge in [-0.3, -0.25) is 15.0 Å². The van der Waals surface area contributed by atoms with Crippen molar-refractivity contribution in [3.8, 4) is 6.07 Å². The number of ether oxygens (including phenoxy) is 1. The standard InChI is InChI=1S/C30H31Cl2F2N5O3/c1-6-42-27(41)21-14-36-28(37-21)38-26(40)25-23(17-8-7-9-19(32)24(17)34)30(15-35,18-11-10-16(31)12-20(18)33)22(39(25)5)13-29(2,3)4/h7-12,14,22-23,25H,6,13H2,1-5H3,(H2,36,37,38,40)/t22-,23-,25+,30-/m0/s1. The van der Waals surface area contributed by atoms with Crippen LogP contribution in [0.5, 0.6) is 0 Å². The molecule has 3 aromatic rings. The van der Waals surface area contributed by atoms with Crippen LogP contribution in [0.1, 0.15) is 61.6 Å². The van der Waals surface area contributed by atoms with Crippen LogP contribution in [0.25, 0.3) is 0 Å². The Labute approximate surface area is 253 Å². The number of likely N-dealkylation sites (tertiary alicyclic amines) is 1. The van der Waals surface area contributed by atoms with Crippen LogP contribution in [-0.4, -0.2) is 52.5 Å². The first-order valence-electron chi connectivity index (χ1n) is 13.3. The van der Waals surface area contributed by atoms with Gasteiger partial charge in [0.1, 0.15) is 22.7 Å². The number of benzene rings is 2. The molecule has 0 saturated carbocycles. The highest BCUT2D eigenvalue weighted by Crippen LogP contribution is 2.56. The number of likely N-dealkylation sites (N-methyl/N-ethyl adjacent to an activating group) is 1. The summed E-state index contributed by atoms with van der Waals surface area (Å²) in [6.07, 6.45) is 1.56. The van der Waals surface area contributed by atoms with Crippen molar-refractivity contribution in [2.75, 3.05) is 19.0 Å². The van der Waals surface area contributed by atoms with Gasteiger partial charge in [-0.1, -0.05) is 62.2 Å². The number of nitrogens with zero attached hydrogens (tertiary/aromatic N) is 3. The fourth-order valence-corrected chi connectivity index (χ4v) is 6.21. The molecule has 4 rings (SSSR count). The third kappa shape index (κ3) is 5.74. The van der Waals surface area contributed by atoms with E-state index in [1.807, 2.05) is 20.8 Å². The van der Waals surface area contributed by atoms with Crippen LogP contribution in [0.3, 0.4) is 0 Å². The summed E-state index contributed by atoms with van der Waals surface area (Å²) in [6, 6.07) is 8.68. The Balaban J connectivity index is 1.94. The van der Waals surface area contributed by atoms with Crippen molar-refractivity contribution in [2.24, 2.45) is 5.41 Å². The third-order valence-electron chi connectivity index (χ3n) is 7.53. The van der Waals surface area contributed by atoms with Crippen LogP contribution in [-0.2, 0) is 14.9 Å². The molecule has 2 aromatic carbocycles. The van der Waals surface area contributed by atoms with Gasteiger partial charge in [0.15, 0.2) is 0 Å². The van der Waals surface area contributed by atoms with Crippen LogP contribution in [0.2, 0.25) is 10.0 Å². The van der Waals surface area contributed by atoms with Gasteiger partial charge >= 0.3 is 5.97 Å². The van der Waals surface area contributed by atoms with E-state index in [2.05, 4.69) is 21.4 Å². The zero-order valence-electron chi connectivity index (χ0n) is 23.8. The van der Waals surface area contributed by atoms with Gasteiger partial charge in [-0.2, -0.15) is 5.26 Å². The summed E-state index contributed by atoms with van der Waals surface area (Å²) in [5, 5.41) is 13.6. The largest absolute Gasteiger partial charge is 0.461 e. The van der Waals surface area contributed by atoms with Crippen molar-refractivity contribution in [2.45, 2.75) is 57.5 Å². The molecule has 12 heteroatoms. The molecule has 2 heterocycles. The average molecular weight is 619 g/mol. The molecule has 2 N–H and O–H groups in total. The van der Waals surface area contributed by atoms with E-state index in [1.165, 1.54) is 36.5 Å². The topological polar surface area (TPSA) is 111 Å². The number of nitrogens with one attached hydrogen (secondary N) is 2. The minimum Gasteiger partial charge on any atom is -0.461 e. The molecule has 4 atom stereocenters. The fraction of sp³-hybridized carbons (Fsp3) is 0.400. The Hall–Kier alpha value is -3.52. The number of amides is 1. The maximum Gasteiger partial charge on any atom is 0.356 e. The number of halogens is 4. The van der Waals surface area contributed by atoms with Crippen LogP contribution < -0.4 is 5.32 Å². The summed E-state index contributed by atoms with van der Waals surface area (Å²) < 4.78 is 36.6. The molecule has 42 heavy (non-hydrogen) atoms. The van der Waals surface area contributed by atoms with E-state index in [-0.39, 0.29) is 44.8 Å². The third-order valence-corrected chi connectivity index (χ3v) is 8.05. The van der Waals surface area contributed by atoms with Gasteiger partial charge in [-0.05, 0) is 49.6 Å². The van der Waals surface area contributed by atoms with Gasteiger partial charge < -0.3 is 9.72 Å². The number of H-pyrrole nitrogens is 1. The highest BCUT2D eigenvalue weighted by Gasteiger charge is 2.64. The summed E-state index contributed by atoms with van der Waals surface area (Å²) >= 11 is 12.3. The number of nitriles is 1. The van der Waals surface area contributed by atoms with Crippen molar-refractivity contribution in [1.82, 2.24) is 14.9 Å². The second-order valence-corrected chi connectivity index (χ2v) is 12.3. The van der Waals surface area contributed by atoms with Gasteiger partial charge in [0.25, 0.3) is 0 Å². The number of imidazole rings is 1. The lowest BCUT2D eigenvalue weighted by Gasteiger charge is -2.38. The number of hydrogen-bond acceptors (Lipinski definition) is 6. The second kappa shape index (κ2) is 12.0. The second-order valence-electron chi connectivity index (χ2n) is 11.5. The molecule has 1 aliphatic rings. The number of aromatic nitrogens is 2. The number of anilines is 1. The normalized spacial score (nSPS) is 22.5. The fourth-order valence-electron chi connectivity index (χ4n) is 5.87. The van der Waals surface area contributed by atoms with Crippen molar-refractivity contribution in [3.63, 3.8) is 0 Å². The van der Waals surface area contributed by atoms with Gasteiger partial charge in [0, 0.05) is 22.5 Å². The molecular weight excluding hydrogens is 587 g/mol. The van der Waals surface area contributed by atoms with Crippen LogP contribution in [0.4, 0.5) is 14.7 Å². The van der Waals surface area contributed by atoms with Crippen molar-refractivity contribution < 1.29 is 23.1 Å². The molecule has 1 saturated heterocycles. The monoisotopic (exact) mass is 617 g/mol. The first-order chi connectivity index (χ1) is 19.7. The lowest BCUT2D eigenvalue weighted by Crippen LogP contribution is -2.45. The zero-order chi connectivity index (χ0) is 31.0. The summed E-state index contributed by atoms with van der Waals surface area (Å²) in [5.41, 5.74) is -2.16. The molecule has 0 bridgehead atoms. The van der Waals surface area contributed by atoms with E-state index in [0.717, 1.165) is 6.07 Å². The van der Waals surface area contributed by atoms with E-state index in [4.69, 9.17) is 27.9 Å². The van der Waals surface area contributed by atoms with Crippen LogP contribution in [0, 0.1) is 28.4 Å². The Morgan fingerprint density at radius 2 is 1.95 bits per heavy atom. The van der Waals surface area contributed by atoms with Crippen molar-refractivity contribution in [3.05, 3.63) is 81.1 Å². The number of carbonyl (C=O) groups excluding carboxylic acids is 2. The Kier molecular flexibility index (Phi) is 8.97. The first kappa shape index (κ1) is 31.4. The zero-order valence-corrected chi connectivity index (χ0v) is 25.3. The van der Waals surface area contributed by atoms with Crippen molar-refractivity contribution >= 4 is 41.0 Å². The van der Waals surface area contributed by atoms with Crippen molar-refractivity contribution in [1.29, 1.82) is 5.26 Å². The van der Waals surface area contributed by atoms with Gasteiger partial charge in [0.05, 0.1) is 29.9 Å². The summed E-state index contributed by atoms with van der Waals surface area (Å²) in [7, 11) is 1.65. The van der Waals surface area contributed by atoms with E-state index >= 15 is 8.78 Å². The smallest absolute Gasteiger partial charge is 0.356 e. The Morgan fingerprint density at radius 3 is 2.57 bits per heavy atom. The summed E-state index contributed by atoms with van der Waals surface area (Å²) in [5.74, 6) is -4.17. The Morgan fingerprint density at radius 1 is 1.24 bits per heavy atom. The first-order valence-corrected chi connectivity index (χ1v) is 14.1. The maximum absolute atomic E-state index is 15.9. The molecule has 1 aromatic heterocycles. The quantitative estimate of drug-likeness (QED) is 0.294. The van der Waals surface area contributed by atoms with Gasteiger partial charge in [-0.15, -0.1) is 0 Å². The number of aromatic amines is 1. The highest BCUT2D eigenvalue weighted by molar-refractivity contribution is 6.31. The highest BCUT2D eigenvalue weighted by atomic mass is 35.5. The predicted molar refractivity (Wildman–Crippen MR) is 155 cm³/mol. The lowest BCUT2D eigenvalue weighted by atomic mass is 9.62. The maximum atomic E-state index is 15.9. The molecule has 1 aliphatic heterocycles. The van der Waals surface area contributed by atoms with Crippen LogP contribution in [0.15, 0.2) is 42.6 Å².